The molecule has 0 aliphatic carbocycles. The van der Waals surface area contributed by atoms with Gasteiger partial charge in [0, 0.05) is 18.5 Å². The number of benzene rings is 2. The van der Waals surface area contributed by atoms with Gasteiger partial charge in [0.2, 0.25) is 0 Å². The van der Waals surface area contributed by atoms with E-state index in [1.807, 2.05) is 19.1 Å². The maximum atomic E-state index is 13.2. The molecule has 31 heavy (non-hydrogen) atoms. The number of morpholine rings is 1. The van der Waals surface area contributed by atoms with E-state index < -0.39 is 0 Å². The van der Waals surface area contributed by atoms with Gasteiger partial charge in [0.25, 0.3) is 11.8 Å². The molecule has 0 radical (unpaired) electrons. The minimum absolute atomic E-state index is 0.121. The predicted octanol–water partition coefficient (Wildman–Crippen LogP) is 1.33. The first-order chi connectivity index (χ1) is 15.0. The zero-order valence-corrected chi connectivity index (χ0v) is 17.7. The molecule has 0 aromatic heterocycles. The number of hydrogen-bond acceptors (Lipinski definition) is 3. The SMILES string of the molecule is Cc1ccc(C(=O)N/C(=C/c2ccc(F)cc2)C(=O)NCCC[NH+]2CCOCC2)cc1. The Morgan fingerprint density at radius 1 is 1.06 bits per heavy atom. The molecule has 0 atom stereocenters. The Balaban J connectivity index is 1.64. The lowest BCUT2D eigenvalue weighted by Gasteiger charge is -2.23. The quantitative estimate of drug-likeness (QED) is 0.441. The van der Waals surface area contributed by atoms with E-state index in [1.165, 1.54) is 17.0 Å². The van der Waals surface area contributed by atoms with Gasteiger partial charge in [-0.05, 0) is 42.8 Å². The molecule has 7 heteroatoms. The number of carbonyl (C=O) groups is 2. The molecule has 1 fully saturated rings. The van der Waals surface area contributed by atoms with E-state index in [0.717, 1.165) is 44.8 Å². The second-order valence-corrected chi connectivity index (χ2v) is 7.65. The molecule has 0 bridgehead atoms. The van der Waals surface area contributed by atoms with E-state index in [2.05, 4.69) is 10.6 Å². The van der Waals surface area contributed by atoms with Gasteiger partial charge in [0.05, 0.1) is 19.8 Å². The molecule has 3 rings (SSSR count). The Labute approximate surface area is 182 Å². The number of rotatable bonds is 8. The van der Waals surface area contributed by atoms with Crippen LogP contribution in [0.3, 0.4) is 0 Å². The third-order valence-electron chi connectivity index (χ3n) is 5.18. The summed E-state index contributed by atoms with van der Waals surface area (Å²) in [5.74, 6) is -1.11. The molecule has 164 valence electrons. The summed E-state index contributed by atoms with van der Waals surface area (Å²) in [4.78, 5) is 26.9. The number of hydrogen-bond donors (Lipinski definition) is 3. The van der Waals surface area contributed by atoms with Gasteiger partial charge < -0.3 is 20.3 Å². The minimum Gasteiger partial charge on any atom is -0.370 e. The fourth-order valence-corrected chi connectivity index (χ4v) is 3.33. The van der Waals surface area contributed by atoms with Crippen LogP contribution in [0.4, 0.5) is 4.39 Å². The molecule has 1 aliphatic heterocycles. The van der Waals surface area contributed by atoms with Crippen LogP contribution in [-0.2, 0) is 9.53 Å². The third-order valence-corrected chi connectivity index (χ3v) is 5.18. The van der Waals surface area contributed by atoms with E-state index >= 15 is 0 Å². The molecular weight excluding hydrogens is 397 g/mol. The van der Waals surface area contributed by atoms with Crippen LogP contribution in [0.15, 0.2) is 54.2 Å². The van der Waals surface area contributed by atoms with Gasteiger partial charge in [0.1, 0.15) is 24.6 Å². The van der Waals surface area contributed by atoms with Crippen molar-refractivity contribution in [3.05, 3.63) is 76.7 Å². The first-order valence-corrected chi connectivity index (χ1v) is 10.6. The Bertz CT molecular complexity index is 905. The van der Waals surface area contributed by atoms with Crippen LogP contribution in [-0.4, -0.2) is 51.2 Å². The monoisotopic (exact) mass is 426 g/mol. The highest BCUT2D eigenvalue weighted by molar-refractivity contribution is 6.05. The van der Waals surface area contributed by atoms with Gasteiger partial charge in [-0.25, -0.2) is 4.39 Å². The fourth-order valence-electron chi connectivity index (χ4n) is 3.33. The second-order valence-electron chi connectivity index (χ2n) is 7.65. The average molecular weight is 427 g/mol. The van der Waals surface area contributed by atoms with Crippen LogP contribution < -0.4 is 15.5 Å². The van der Waals surface area contributed by atoms with Crippen molar-refractivity contribution in [3.8, 4) is 0 Å². The lowest BCUT2D eigenvalue weighted by Crippen LogP contribution is -3.14. The van der Waals surface area contributed by atoms with E-state index in [0.29, 0.717) is 17.7 Å². The van der Waals surface area contributed by atoms with Crippen LogP contribution >= 0.6 is 0 Å². The summed E-state index contributed by atoms with van der Waals surface area (Å²) in [7, 11) is 0. The second kappa shape index (κ2) is 11.4. The Kier molecular flexibility index (Phi) is 8.32. The predicted molar refractivity (Wildman–Crippen MR) is 117 cm³/mol. The highest BCUT2D eigenvalue weighted by Gasteiger charge is 2.16. The molecule has 1 saturated heterocycles. The maximum Gasteiger partial charge on any atom is 0.267 e. The Hall–Kier alpha value is -3.03. The van der Waals surface area contributed by atoms with Crippen LogP contribution in [0.2, 0.25) is 0 Å². The largest absolute Gasteiger partial charge is 0.370 e. The summed E-state index contributed by atoms with van der Waals surface area (Å²) < 4.78 is 18.6. The smallest absolute Gasteiger partial charge is 0.267 e. The van der Waals surface area contributed by atoms with Crippen molar-refractivity contribution in [2.24, 2.45) is 0 Å². The minimum atomic E-state index is -0.374. The number of nitrogens with one attached hydrogen (secondary N) is 3. The standard InChI is InChI=1S/C24H28FN3O3/c1-18-3-7-20(8-4-18)23(29)27-22(17-19-5-9-21(25)10-6-19)24(30)26-11-2-12-28-13-15-31-16-14-28/h3-10,17H,2,11-16H2,1H3,(H,26,30)(H,27,29)/p+1/b22-17+. The fraction of sp³-hybridized carbons (Fsp3) is 0.333. The summed E-state index contributed by atoms with van der Waals surface area (Å²) in [5.41, 5.74) is 2.24. The van der Waals surface area contributed by atoms with Crippen molar-refractivity contribution < 1.29 is 23.6 Å². The Morgan fingerprint density at radius 3 is 2.42 bits per heavy atom. The molecular formula is C24H29FN3O3+. The molecule has 0 spiro atoms. The van der Waals surface area contributed by atoms with Crippen LogP contribution in [0.25, 0.3) is 6.08 Å². The van der Waals surface area contributed by atoms with Crippen molar-refractivity contribution in [2.75, 3.05) is 39.4 Å². The molecule has 1 heterocycles. The summed E-state index contributed by atoms with van der Waals surface area (Å²) in [6.45, 7) is 6.91. The maximum absolute atomic E-state index is 13.2. The van der Waals surface area contributed by atoms with Crippen LogP contribution in [0, 0.1) is 12.7 Å². The van der Waals surface area contributed by atoms with E-state index in [9.17, 15) is 14.0 Å². The van der Waals surface area contributed by atoms with Gasteiger partial charge in [-0.1, -0.05) is 29.8 Å². The van der Waals surface area contributed by atoms with Crippen molar-refractivity contribution in [1.29, 1.82) is 0 Å². The zero-order valence-electron chi connectivity index (χ0n) is 17.7. The van der Waals surface area contributed by atoms with E-state index in [-0.39, 0.29) is 23.3 Å². The summed E-state index contributed by atoms with van der Waals surface area (Å²) in [6.07, 6.45) is 2.38. The lowest BCUT2D eigenvalue weighted by molar-refractivity contribution is -0.908. The molecule has 1 aliphatic rings. The molecule has 6 nitrogen and oxygen atoms in total. The zero-order chi connectivity index (χ0) is 22.1. The van der Waals surface area contributed by atoms with Crippen molar-refractivity contribution in [3.63, 3.8) is 0 Å². The average Bonchev–Trinajstić information content (AvgIpc) is 2.78. The molecule has 2 amide bonds. The molecule has 0 unspecified atom stereocenters. The third kappa shape index (κ3) is 7.31. The first kappa shape index (κ1) is 22.7. The van der Waals surface area contributed by atoms with E-state index in [1.54, 1.807) is 30.3 Å². The van der Waals surface area contributed by atoms with Crippen LogP contribution in [0.5, 0.6) is 0 Å². The number of ether oxygens (including phenoxy) is 1. The lowest BCUT2D eigenvalue weighted by atomic mass is 10.1. The first-order valence-electron chi connectivity index (χ1n) is 10.6. The highest BCUT2D eigenvalue weighted by atomic mass is 19.1. The molecule has 0 saturated carbocycles. The Morgan fingerprint density at radius 2 is 1.74 bits per heavy atom. The topological polar surface area (TPSA) is 71.9 Å². The van der Waals surface area contributed by atoms with Crippen LogP contribution in [0.1, 0.15) is 27.9 Å². The van der Waals surface area contributed by atoms with Gasteiger partial charge >= 0.3 is 0 Å². The number of amides is 2. The van der Waals surface area contributed by atoms with Crippen molar-refractivity contribution in [2.45, 2.75) is 13.3 Å². The number of halogens is 1. The number of aryl methyl sites for hydroxylation is 1. The summed E-state index contributed by atoms with van der Waals surface area (Å²) in [5, 5.41) is 5.58. The molecule has 2 aromatic carbocycles. The van der Waals surface area contributed by atoms with Gasteiger partial charge in [-0.2, -0.15) is 0 Å². The summed E-state index contributed by atoms with van der Waals surface area (Å²) >= 11 is 0. The van der Waals surface area contributed by atoms with Crippen molar-refractivity contribution >= 4 is 17.9 Å². The van der Waals surface area contributed by atoms with E-state index in [4.69, 9.17) is 4.74 Å². The number of quaternary nitrogens is 1. The van der Waals surface area contributed by atoms with Gasteiger partial charge in [-0.3, -0.25) is 9.59 Å². The van der Waals surface area contributed by atoms with Gasteiger partial charge in [0.15, 0.2) is 0 Å². The molecule has 3 N–H and O–H groups in total. The number of carbonyl (C=O) groups excluding carboxylic acids is 2. The van der Waals surface area contributed by atoms with Gasteiger partial charge in [-0.15, -0.1) is 0 Å². The summed E-state index contributed by atoms with van der Waals surface area (Å²) in [6, 6.07) is 12.8. The molecule has 2 aromatic rings. The van der Waals surface area contributed by atoms with Crippen molar-refractivity contribution in [1.82, 2.24) is 10.6 Å². The highest BCUT2D eigenvalue weighted by Crippen LogP contribution is 2.09. The normalized spacial score (nSPS) is 14.8.